The van der Waals surface area contributed by atoms with Gasteiger partial charge in [0.15, 0.2) is 9.84 Å². The second kappa shape index (κ2) is 9.54. The topological polar surface area (TPSA) is 108 Å². The van der Waals surface area contributed by atoms with Gasteiger partial charge in [0.05, 0.1) is 28.5 Å². The minimum absolute atomic E-state index is 0.000296. The third kappa shape index (κ3) is 4.85. The van der Waals surface area contributed by atoms with Crippen LogP contribution < -0.4 is 15.5 Å². The van der Waals surface area contributed by atoms with Crippen LogP contribution in [0, 0.1) is 5.82 Å². The molecule has 2 N–H and O–H groups in total. The predicted molar refractivity (Wildman–Crippen MR) is 136 cm³/mol. The number of para-hydroxylation sites is 1. The molecule has 2 amide bonds. The molecule has 10 heteroatoms. The third-order valence-electron chi connectivity index (χ3n) is 6.15. The molecular formula is C26H23FN4O4S. The molecule has 2 heterocycles. The van der Waals surface area contributed by atoms with Crippen LogP contribution >= 0.6 is 0 Å². The summed E-state index contributed by atoms with van der Waals surface area (Å²) in [7, 11) is -3.14. The normalized spacial score (nSPS) is 18.9. The molecule has 0 spiro atoms. The van der Waals surface area contributed by atoms with Gasteiger partial charge in [0, 0.05) is 29.9 Å². The first-order valence-corrected chi connectivity index (χ1v) is 13.2. The summed E-state index contributed by atoms with van der Waals surface area (Å²) in [5.41, 5.74) is 2.95. The molecule has 1 saturated heterocycles. The molecule has 8 nitrogen and oxygen atoms in total. The molecule has 184 valence electrons. The zero-order valence-electron chi connectivity index (χ0n) is 19.1. The van der Waals surface area contributed by atoms with Crippen molar-refractivity contribution in [3.63, 3.8) is 0 Å². The van der Waals surface area contributed by atoms with Crippen molar-refractivity contribution in [1.29, 1.82) is 0 Å². The average Bonchev–Trinajstić information content (AvgIpc) is 3.01. The van der Waals surface area contributed by atoms with Crippen LogP contribution in [0.4, 0.5) is 15.8 Å². The first-order chi connectivity index (χ1) is 17.3. The number of nitrogens with one attached hydrogen (secondary N) is 2. The van der Waals surface area contributed by atoms with Gasteiger partial charge in [-0.05, 0) is 24.3 Å². The highest BCUT2D eigenvalue weighted by atomic mass is 32.2. The summed E-state index contributed by atoms with van der Waals surface area (Å²) in [6.45, 7) is 0.369. The summed E-state index contributed by atoms with van der Waals surface area (Å²) >= 11 is 0. The average molecular weight is 507 g/mol. The Labute approximate surface area is 207 Å². The highest BCUT2D eigenvalue weighted by Crippen LogP contribution is 2.26. The molecule has 0 aromatic heterocycles. The summed E-state index contributed by atoms with van der Waals surface area (Å²) in [6.07, 6.45) is -1.28. The van der Waals surface area contributed by atoms with E-state index < -0.39 is 33.6 Å². The van der Waals surface area contributed by atoms with Crippen molar-refractivity contribution < 1.29 is 22.4 Å². The quantitative estimate of drug-likeness (QED) is 0.566. The molecule has 3 aromatic rings. The summed E-state index contributed by atoms with van der Waals surface area (Å²) < 4.78 is 37.9. The van der Waals surface area contributed by atoms with Gasteiger partial charge in [-0.2, -0.15) is 0 Å². The molecule has 0 saturated carbocycles. The van der Waals surface area contributed by atoms with Crippen LogP contribution in [-0.2, 0) is 14.6 Å². The molecule has 36 heavy (non-hydrogen) atoms. The molecular weight excluding hydrogens is 483 g/mol. The number of amides is 2. The van der Waals surface area contributed by atoms with Crippen LogP contribution in [-0.4, -0.2) is 56.7 Å². The van der Waals surface area contributed by atoms with Gasteiger partial charge in [0.25, 0.3) is 11.8 Å². The zero-order valence-corrected chi connectivity index (χ0v) is 20.0. The molecule has 5 rings (SSSR count). The number of hydrogen-bond donors (Lipinski definition) is 2. The van der Waals surface area contributed by atoms with Gasteiger partial charge in [-0.25, -0.2) is 17.8 Å². The minimum atomic E-state index is -3.14. The molecule has 0 radical (unpaired) electrons. The maximum atomic E-state index is 14.2. The molecule has 1 atom stereocenters. The van der Waals surface area contributed by atoms with Crippen LogP contribution in [0.1, 0.15) is 21.5 Å². The van der Waals surface area contributed by atoms with Gasteiger partial charge in [0.1, 0.15) is 5.82 Å². The fourth-order valence-electron chi connectivity index (χ4n) is 4.30. The van der Waals surface area contributed by atoms with Crippen molar-refractivity contribution in [2.24, 2.45) is 4.99 Å². The number of nitrogens with zero attached hydrogens (tertiary/aromatic N) is 2. The van der Waals surface area contributed by atoms with Crippen LogP contribution in [0.15, 0.2) is 77.8 Å². The van der Waals surface area contributed by atoms with E-state index in [1.165, 1.54) is 12.1 Å². The van der Waals surface area contributed by atoms with E-state index in [1.807, 2.05) is 42.5 Å². The van der Waals surface area contributed by atoms with Gasteiger partial charge >= 0.3 is 0 Å². The first kappa shape index (κ1) is 23.7. The lowest BCUT2D eigenvalue weighted by atomic mass is 10.0. The van der Waals surface area contributed by atoms with Crippen LogP contribution in [0.3, 0.4) is 0 Å². The van der Waals surface area contributed by atoms with E-state index in [4.69, 9.17) is 0 Å². The highest BCUT2D eigenvalue weighted by Gasteiger charge is 2.30. The number of sulfone groups is 1. The van der Waals surface area contributed by atoms with Crippen molar-refractivity contribution in [3.8, 4) is 0 Å². The Kier molecular flexibility index (Phi) is 6.27. The van der Waals surface area contributed by atoms with Crippen molar-refractivity contribution >= 4 is 38.7 Å². The molecule has 0 aliphatic carbocycles. The van der Waals surface area contributed by atoms with E-state index in [2.05, 4.69) is 15.6 Å². The van der Waals surface area contributed by atoms with E-state index in [9.17, 15) is 22.4 Å². The van der Waals surface area contributed by atoms with Gasteiger partial charge in [0.2, 0.25) is 6.17 Å². The van der Waals surface area contributed by atoms with E-state index in [-0.39, 0.29) is 30.2 Å². The number of halogens is 1. The Bertz CT molecular complexity index is 1460. The smallest absolute Gasteiger partial charge is 0.269 e. The van der Waals surface area contributed by atoms with Gasteiger partial charge in [-0.1, -0.05) is 48.5 Å². The predicted octanol–water partition coefficient (Wildman–Crippen LogP) is 2.61. The Morgan fingerprint density at radius 3 is 2.44 bits per heavy atom. The fourth-order valence-corrected chi connectivity index (χ4v) is 5.50. The molecule has 1 fully saturated rings. The Morgan fingerprint density at radius 1 is 1.00 bits per heavy atom. The fraction of sp³-hybridized carbons (Fsp3) is 0.192. The standard InChI is InChI=1S/C26H23FN4O4S/c27-18-10-11-22(31-12-14-36(34,35)15-13-31)20(16-18)25(32)30-24-26(33)28-21-9-5-4-8-19(21)23(29-24)17-6-2-1-3-7-17/h1-11,16,24H,12-15H2,(H,28,33)(H,30,32)/t24-/m1/s1. The second-order valence-corrected chi connectivity index (χ2v) is 10.9. The minimum Gasteiger partial charge on any atom is -0.369 e. The van der Waals surface area contributed by atoms with Crippen molar-refractivity contribution in [3.05, 3.63) is 95.3 Å². The molecule has 3 aromatic carbocycles. The largest absolute Gasteiger partial charge is 0.369 e. The number of rotatable bonds is 4. The number of carbonyl (C=O) groups is 2. The third-order valence-corrected chi connectivity index (χ3v) is 7.76. The summed E-state index contributed by atoms with van der Waals surface area (Å²) in [4.78, 5) is 32.8. The summed E-state index contributed by atoms with van der Waals surface area (Å²) in [5, 5.41) is 5.44. The maximum absolute atomic E-state index is 14.2. The van der Waals surface area contributed by atoms with Crippen LogP contribution in [0.5, 0.6) is 0 Å². The number of fused-ring (bicyclic) bond motifs is 1. The van der Waals surface area contributed by atoms with E-state index >= 15 is 0 Å². The first-order valence-electron chi connectivity index (χ1n) is 11.4. The Morgan fingerprint density at radius 2 is 1.69 bits per heavy atom. The van der Waals surface area contributed by atoms with E-state index in [1.54, 1.807) is 17.0 Å². The number of hydrogen-bond acceptors (Lipinski definition) is 6. The summed E-state index contributed by atoms with van der Waals surface area (Å²) in [6, 6.07) is 20.3. The number of carbonyl (C=O) groups excluding carboxylic acids is 2. The lowest BCUT2D eigenvalue weighted by Crippen LogP contribution is -2.44. The van der Waals surface area contributed by atoms with Gasteiger partial charge in [-0.3, -0.25) is 9.59 Å². The number of benzodiazepines with no additional fused rings is 1. The lowest BCUT2D eigenvalue weighted by Gasteiger charge is -2.30. The summed E-state index contributed by atoms with van der Waals surface area (Å²) in [5.74, 6) is -1.97. The molecule has 2 aliphatic rings. The van der Waals surface area contributed by atoms with Crippen molar-refractivity contribution in [2.75, 3.05) is 34.8 Å². The van der Waals surface area contributed by atoms with E-state index in [0.717, 1.165) is 11.6 Å². The second-order valence-electron chi connectivity index (χ2n) is 8.55. The SMILES string of the molecule is O=C(N[C@H]1N=C(c2ccccc2)c2ccccc2NC1=O)c1cc(F)ccc1N1CCS(=O)(=O)CC1. The number of aliphatic imine (C=N–C) groups is 1. The number of benzene rings is 3. The lowest BCUT2D eigenvalue weighted by molar-refractivity contribution is -0.117. The Balaban J connectivity index is 1.49. The van der Waals surface area contributed by atoms with Crippen LogP contribution in [0.25, 0.3) is 0 Å². The Hall–Kier alpha value is -4.05. The number of anilines is 2. The van der Waals surface area contributed by atoms with Gasteiger partial charge in [-0.15, -0.1) is 0 Å². The monoisotopic (exact) mass is 506 g/mol. The van der Waals surface area contributed by atoms with Crippen molar-refractivity contribution in [1.82, 2.24) is 5.32 Å². The molecule has 0 unspecified atom stereocenters. The molecule has 0 bridgehead atoms. The maximum Gasteiger partial charge on any atom is 0.269 e. The zero-order chi connectivity index (χ0) is 25.3. The molecule has 2 aliphatic heterocycles. The van der Waals surface area contributed by atoms with Crippen LogP contribution in [0.2, 0.25) is 0 Å². The van der Waals surface area contributed by atoms with Crippen molar-refractivity contribution in [2.45, 2.75) is 6.17 Å². The van der Waals surface area contributed by atoms with Gasteiger partial charge < -0.3 is 15.5 Å². The highest BCUT2D eigenvalue weighted by molar-refractivity contribution is 7.91. The van der Waals surface area contributed by atoms with E-state index in [0.29, 0.717) is 22.6 Å².